The van der Waals surface area contributed by atoms with Crippen molar-refractivity contribution in [2.45, 2.75) is 40.2 Å². The fourth-order valence-electron chi connectivity index (χ4n) is 2.32. The number of halogens is 1. The molecule has 1 unspecified atom stereocenters. The minimum atomic E-state index is 0.157. The maximum atomic E-state index is 5.88. The lowest BCUT2D eigenvalue weighted by Crippen LogP contribution is -2.40. The van der Waals surface area contributed by atoms with Gasteiger partial charge in [-0.2, -0.15) is 0 Å². The molecule has 19 heavy (non-hydrogen) atoms. The van der Waals surface area contributed by atoms with E-state index in [4.69, 9.17) is 5.73 Å². The van der Waals surface area contributed by atoms with Crippen LogP contribution in [0, 0.1) is 5.41 Å². The van der Waals surface area contributed by atoms with E-state index < -0.39 is 0 Å². The number of benzene rings is 1. The van der Waals surface area contributed by atoms with Crippen molar-refractivity contribution in [3.8, 4) is 0 Å². The highest BCUT2D eigenvalue weighted by molar-refractivity contribution is 9.10. The van der Waals surface area contributed by atoms with Crippen molar-refractivity contribution >= 4 is 15.9 Å². The standard InChI is InChI=1S/C16H27BrN2/c1-5-10-19(12-16(3,4)11-18)13(2)14-8-6-7-9-15(14)17/h6-9,13H,5,10-12,18H2,1-4H3. The summed E-state index contributed by atoms with van der Waals surface area (Å²) in [5.74, 6) is 0. The molecule has 0 aromatic heterocycles. The lowest BCUT2D eigenvalue weighted by Gasteiger charge is -2.36. The molecule has 1 aromatic rings. The smallest absolute Gasteiger partial charge is 0.0331 e. The molecule has 108 valence electrons. The largest absolute Gasteiger partial charge is 0.330 e. The summed E-state index contributed by atoms with van der Waals surface area (Å²) in [6.07, 6.45) is 1.16. The number of nitrogens with two attached hydrogens (primary N) is 1. The minimum Gasteiger partial charge on any atom is -0.330 e. The van der Waals surface area contributed by atoms with Crippen molar-refractivity contribution in [1.29, 1.82) is 0 Å². The molecule has 0 saturated heterocycles. The Morgan fingerprint density at radius 2 is 1.95 bits per heavy atom. The third kappa shape index (κ3) is 4.90. The molecule has 0 aliphatic carbocycles. The Balaban J connectivity index is 2.90. The Kier molecular flexibility index (Phi) is 6.51. The second kappa shape index (κ2) is 7.41. The molecule has 2 nitrogen and oxygen atoms in total. The zero-order chi connectivity index (χ0) is 14.5. The summed E-state index contributed by atoms with van der Waals surface area (Å²) >= 11 is 3.66. The zero-order valence-corrected chi connectivity index (χ0v) is 14.2. The zero-order valence-electron chi connectivity index (χ0n) is 12.6. The van der Waals surface area contributed by atoms with E-state index in [-0.39, 0.29) is 5.41 Å². The van der Waals surface area contributed by atoms with E-state index >= 15 is 0 Å². The van der Waals surface area contributed by atoms with Gasteiger partial charge in [-0.05, 0) is 43.5 Å². The highest BCUT2D eigenvalue weighted by Gasteiger charge is 2.24. The first-order valence-electron chi connectivity index (χ1n) is 7.10. The Bertz CT molecular complexity index is 390. The molecule has 3 heteroatoms. The van der Waals surface area contributed by atoms with Gasteiger partial charge in [0.1, 0.15) is 0 Å². The van der Waals surface area contributed by atoms with Gasteiger partial charge in [0.15, 0.2) is 0 Å². The van der Waals surface area contributed by atoms with E-state index in [2.05, 4.69) is 72.8 Å². The van der Waals surface area contributed by atoms with E-state index in [9.17, 15) is 0 Å². The van der Waals surface area contributed by atoms with Gasteiger partial charge in [-0.15, -0.1) is 0 Å². The molecule has 2 N–H and O–H groups in total. The summed E-state index contributed by atoms with van der Waals surface area (Å²) in [7, 11) is 0. The van der Waals surface area contributed by atoms with Gasteiger partial charge in [0.25, 0.3) is 0 Å². The van der Waals surface area contributed by atoms with Crippen LogP contribution in [0.3, 0.4) is 0 Å². The molecule has 0 heterocycles. The second-order valence-corrected chi connectivity index (χ2v) is 6.89. The molecule has 1 rings (SSSR count). The number of rotatable bonds is 7. The Morgan fingerprint density at radius 3 is 2.47 bits per heavy atom. The predicted octanol–water partition coefficient (Wildman–Crippen LogP) is 4.21. The lowest BCUT2D eigenvalue weighted by molar-refractivity contribution is 0.140. The lowest BCUT2D eigenvalue weighted by atomic mass is 9.91. The van der Waals surface area contributed by atoms with Crippen molar-refractivity contribution in [2.75, 3.05) is 19.6 Å². The third-order valence-electron chi connectivity index (χ3n) is 3.60. The summed E-state index contributed by atoms with van der Waals surface area (Å²) in [6.45, 7) is 11.8. The van der Waals surface area contributed by atoms with E-state index in [1.54, 1.807) is 0 Å². The quantitative estimate of drug-likeness (QED) is 0.813. The average Bonchev–Trinajstić information content (AvgIpc) is 2.38. The van der Waals surface area contributed by atoms with Crippen LogP contribution in [0.5, 0.6) is 0 Å². The number of hydrogen-bond donors (Lipinski definition) is 1. The monoisotopic (exact) mass is 326 g/mol. The Morgan fingerprint density at radius 1 is 1.32 bits per heavy atom. The van der Waals surface area contributed by atoms with Gasteiger partial charge in [0, 0.05) is 17.1 Å². The molecular weight excluding hydrogens is 300 g/mol. The Hall–Kier alpha value is -0.380. The maximum absolute atomic E-state index is 5.88. The first-order valence-corrected chi connectivity index (χ1v) is 7.89. The van der Waals surface area contributed by atoms with Gasteiger partial charge in [-0.3, -0.25) is 4.90 Å². The van der Waals surface area contributed by atoms with Gasteiger partial charge in [0.2, 0.25) is 0 Å². The van der Waals surface area contributed by atoms with Crippen LogP contribution in [-0.2, 0) is 0 Å². The molecule has 0 saturated carbocycles. The number of nitrogens with zero attached hydrogens (tertiary/aromatic N) is 1. The van der Waals surface area contributed by atoms with E-state index in [1.165, 1.54) is 10.0 Å². The third-order valence-corrected chi connectivity index (χ3v) is 4.32. The molecule has 0 spiro atoms. The van der Waals surface area contributed by atoms with E-state index in [0.29, 0.717) is 6.04 Å². The van der Waals surface area contributed by atoms with Crippen molar-refractivity contribution in [3.05, 3.63) is 34.3 Å². The van der Waals surface area contributed by atoms with Crippen molar-refractivity contribution in [2.24, 2.45) is 11.1 Å². The maximum Gasteiger partial charge on any atom is 0.0331 e. The van der Waals surface area contributed by atoms with E-state index in [1.807, 2.05) is 0 Å². The normalized spacial score (nSPS) is 13.8. The highest BCUT2D eigenvalue weighted by Crippen LogP contribution is 2.29. The fourth-order valence-corrected chi connectivity index (χ4v) is 2.94. The molecule has 0 aliphatic rings. The molecule has 0 aliphatic heterocycles. The van der Waals surface area contributed by atoms with Crippen molar-refractivity contribution in [1.82, 2.24) is 4.90 Å². The summed E-state index contributed by atoms with van der Waals surface area (Å²) in [4.78, 5) is 2.53. The summed E-state index contributed by atoms with van der Waals surface area (Å²) in [6, 6.07) is 8.89. The van der Waals surface area contributed by atoms with Crippen LogP contribution in [-0.4, -0.2) is 24.5 Å². The molecule has 0 fully saturated rings. The average molecular weight is 327 g/mol. The van der Waals surface area contributed by atoms with Gasteiger partial charge in [0.05, 0.1) is 0 Å². The minimum absolute atomic E-state index is 0.157. The molecule has 0 bridgehead atoms. The van der Waals surface area contributed by atoms with Crippen LogP contribution in [0.2, 0.25) is 0 Å². The van der Waals surface area contributed by atoms with Gasteiger partial charge in [-0.1, -0.05) is 54.9 Å². The number of hydrogen-bond acceptors (Lipinski definition) is 2. The highest BCUT2D eigenvalue weighted by atomic mass is 79.9. The topological polar surface area (TPSA) is 29.3 Å². The predicted molar refractivity (Wildman–Crippen MR) is 87.3 cm³/mol. The molecule has 0 amide bonds. The second-order valence-electron chi connectivity index (χ2n) is 6.04. The summed E-state index contributed by atoms with van der Waals surface area (Å²) in [5, 5.41) is 0. The summed E-state index contributed by atoms with van der Waals surface area (Å²) in [5.41, 5.74) is 7.39. The van der Waals surface area contributed by atoms with E-state index in [0.717, 1.165) is 26.1 Å². The molecular formula is C16H27BrN2. The van der Waals surface area contributed by atoms with Crippen molar-refractivity contribution in [3.63, 3.8) is 0 Å². The first kappa shape index (κ1) is 16.7. The van der Waals surface area contributed by atoms with Gasteiger partial charge < -0.3 is 5.73 Å². The van der Waals surface area contributed by atoms with Crippen molar-refractivity contribution < 1.29 is 0 Å². The van der Waals surface area contributed by atoms with Gasteiger partial charge >= 0.3 is 0 Å². The van der Waals surface area contributed by atoms with Crippen LogP contribution >= 0.6 is 15.9 Å². The fraction of sp³-hybridized carbons (Fsp3) is 0.625. The molecule has 0 radical (unpaired) electrons. The molecule has 1 aromatic carbocycles. The first-order chi connectivity index (χ1) is 8.91. The van der Waals surface area contributed by atoms with Crippen LogP contribution in [0.1, 0.15) is 45.7 Å². The summed E-state index contributed by atoms with van der Waals surface area (Å²) < 4.78 is 1.19. The van der Waals surface area contributed by atoms with Crippen LogP contribution in [0.15, 0.2) is 28.7 Å². The van der Waals surface area contributed by atoms with Crippen LogP contribution < -0.4 is 5.73 Å². The van der Waals surface area contributed by atoms with Crippen LogP contribution in [0.25, 0.3) is 0 Å². The Labute approximate surface area is 126 Å². The van der Waals surface area contributed by atoms with Crippen LogP contribution in [0.4, 0.5) is 0 Å². The van der Waals surface area contributed by atoms with Gasteiger partial charge in [-0.25, -0.2) is 0 Å². The molecule has 1 atom stereocenters. The SMILES string of the molecule is CCCN(CC(C)(C)CN)C(C)c1ccccc1Br.